The van der Waals surface area contributed by atoms with Gasteiger partial charge in [0.15, 0.2) is 0 Å². The van der Waals surface area contributed by atoms with Crippen molar-refractivity contribution >= 4 is 0 Å². The van der Waals surface area contributed by atoms with E-state index in [4.69, 9.17) is 4.74 Å². The van der Waals surface area contributed by atoms with E-state index in [1.807, 2.05) is 7.11 Å². The molecule has 5 aliphatic rings. The van der Waals surface area contributed by atoms with E-state index >= 15 is 0 Å². The molecule has 10 atom stereocenters. The molecule has 0 amide bonds. The molecule has 0 radical (unpaired) electrons. The first-order valence-corrected chi connectivity index (χ1v) is 11.4. The Morgan fingerprint density at radius 1 is 1.04 bits per heavy atom. The van der Waals surface area contributed by atoms with Gasteiger partial charge in [-0.3, -0.25) is 0 Å². The van der Waals surface area contributed by atoms with Crippen LogP contribution < -0.4 is 0 Å². The van der Waals surface area contributed by atoms with Gasteiger partial charge >= 0.3 is 0 Å². The first-order chi connectivity index (χ1) is 11.9. The summed E-state index contributed by atoms with van der Waals surface area (Å²) in [4.78, 5) is 0. The van der Waals surface area contributed by atoms with Crippen molar-refractivity contribution in [2.45, 2.75) is 91.6 Å². The standard InChI is InChI=1S/C24H40O/c1-6-15(2)18-7-8-19-17-13-21(25-5)24-14-16(24)9-12-23(24,4)20(17)10-11-22(18,19)3/h15-21H,6-14H2,1-5H3/t15-,16+,17+,18-,19+,20+,21-,22-,23-,24+/m1/s1. The normalized spacial score (nSPS) is 60.4. The molecule has 0 saturated heterocycles. The summed E-state index contributed by atoms with van der Waals surface area (Å²) in [5, 5.41) is 0. The maximum Gasteiger partial charge on any atom is 0.0638 e. The van der Waals surface area contributed by atoms with Crippen LogP contribution in [0.2, 0.25) is 0 Å². The summed E-state index contributed by atoms with van der Waals surface area (Å²) in [7, 11) is 2.02. The summed E-state index contributed by atoms with van der Waals surface area (Å²) in [6.45, 7) is 10.3. The van der Waals surface area contributed by atoms with Gasteiger partial charge in [-0.15, -0.1) is 0 Å². The Kier molecular flexibility index (Phi) is 3.60. The topological polar surface area (TPSA) is 9.23 Å². The summed E-state index contributed by atoms with van der Waals surface area (Å²) in [6, 6.07) is 0. The van der Waals surface area contributed by atoms with Crippen molar-refractivity contribution in [3.05, 3.63) is 0 Å². The Bertz CT molecular complexity index is 556. The minimum absolute atomic E-state index is 0.566. The molecule has 5 saturated carbocycles. The first-order valence-electron chi connectivity index (χ1n) is 11.4. The van der Waals surface area contributed by atoms with Crippen LogP contribution in [0.5, 0.6) is 0 Å². The molecule has 0 aromatic heterocycles. The molecule has 5 aliphatic carbocycles. The van der Waals surface area contributed by atoms with Crippen LogP contribution >= 0.6 is 0 Å². The Hall–Kier alpha value is -0.0400. The van der Waals surface area contributed by atoms with Crippen LogP contribution in [0.15, 0.2) is 0 Å². The molecule has 0 heterocycles. The van der Waals surface area contributed by atoms with Crippen LogP contribution in [0.4, 0.5) is 0 Å². The minimum atomic E-state index is 0.566. The maximum atomic E-state index is 6.24. The number of rotatable bonds is 3. The lowest BCUT2D eigenvalue weighted by Gasteiger charge is -2.61. The van der Waals surface area contributed by atoms with Crippen molar-refractivity contribution in [3.63, 3.8) is 0 Å². The Balaban J connectivity index is 1.49. The van der Waals surface area contributed by atoms with Crippen molar-refractivity contribution < 1.29 is 4.74 Å². The van der Waals surface area contributed by atoms with Gasteiger partial charge in [-0.1, -0.05) is 34.1 Å². The molecule has 0 aromatic carbocycles. The summed E-state index contributed by atoms with van der Waals surface area (Å²) in [5.41, 5.74) is 1.81. The second kappa shape index (κ2) is 5.27. The van der Waals surface area contributed by atoms with Gasteiger partial charge in [-0.2, -0.15) is 0 Å². The molecule has 0 aromatic rings. The molecule has 25 heavy (non-hydrogen) atoms. The van der Waals surface area contributed by atoms with E-state index in [-0.39, 0.29) is 0 Å². The number of hydrogen-bond acceptors (Lipinski definition) is 1. The number of hydrogen-bond donors (Lipinski definition) is 0. The third-order valence-electron chi connectivity index (χ3n) is 11.2. The van der Waals surface area contributed by atoms with E-state index in [2.05, 4.69) is 27.7 Å². The highest BCUT2D eigenvalue weighted by molar-refractivity contribution is 5.26. The molecule has 142 valence electrons. The van der Waals surface area contributed by atoms with Crippen molar-refractivity contribution in [2.24, 2.45) is 51.8 Å². The molecule has 1 spiro atoms. The van der Waals surface area contributed by atoms with Crippen LogP contribution in [0.3, 0.4) is 0 Å². The second-order valence-corrected chi connectivity index (χ2v) is 11.3. The summed E-state index contributed by atoms with van der Waals surface area (Å²) >= 11 is 0. The van der Waals surface area contributed by atoms with Gasteiger partial charge in [-0.25, -0.2) is 0 Å². The zero-order valence-corrected chi connectivity index (χ0v) is 17.3. The first kappa shape index (κ1) is 17.1. The molecule has 0 N–H and O–H groups in total. The third kappa shape index (κ3) is 1.85. The minimum Gasteiger partial charge on any atom is -0.381 e. The van der Waals surface area contributed by atoms with Crippen LogP contribution in [0.25, 0.3) is 0 Å². The predicted octanol–water partition coefficient (Wildman–Crippen LogP) is 6.32. The van der Waals surface area contributed by atoms with E-state index < -0.39 is 0 Å². The Morgan fingerprint density at radius 2 is 1.84 bits per heavy atom. The molecule has 1 heteroatoms. The predicted molar refractivity (Wildman–Crippen MR) is 103 cm³/mol. The van der Waals surface area contributed by atoms with Gasteiger partial charge in [0.2, 0.25) is 0 Å². The third-order valence-corrected chi connectivity index (χ3v) is 11.2. The van der Waals surface area contributed by atoms with Crippen LogP contribution in [-0.2, 0) is 4.74 Å². The zero-order chi connectivity index (χ0) is 17.6. The zero-order valence-electron chi connectivity index (χ0n) is 17.3. The Morgan fingerprint density at radius 3 is 2.52 bits per heavy atom. The lowest BCUT2D eigenvalue weighted by molar-refractivity contribution is -0.161. The quantitative estimate of drug-likeness (QED) is 0.582. The van der Waals surface area contributed by atoms with Gasteiger partial charge in [0, 0.05) is 12.5 Å². The van der Waals surface area contributed by atoms with Gasteiger partial charge in [0.1, 0.15) is 0 Å². The molecule has 0 aliphatic heterocycles. The summed E-state index contributed by atoms with van der Waals surface area (Å²) in [5.74, 6) is 5.83. The Labute approximate surface area is 155 Å². The second-order valence-electron chi connectivity index (χ2n) is 11.3. The molecular formula is C24H40O. The van der Waals surface area contributed by atoms with E-state index in [9.17, 15) is 0 Å². The summed E-state index contributed by atoms with van der Waals surface area (Å²) in [6.07, 6.45) is 13.9. The number of methoxy groups -OCH3 is 1. The van der Waals surface area contributed by atoms with Gasteiger partial charge in [0.05, 0.1) is 6.10 Å². The number of fused-ring (bicyclic) bond motifs is 4. The van der Waals surface area contributed by atoms with E-state index in [1.54, 1.807) is 0 Å². The summed E-state index contributed by atoms with van der Waals surface area (Å²) < 4.78 is 6.24. The largest absolute Gasteiger partial charge is 0.381 e. The van der Waals surface area contributed by atoms with Crippen molar-refractivity contribution in [1.29, 1.82) is 0 Å². The molecular weight excluding hydrogens is 304 g/mol. The highest BCUT2D eigenvalue weighted by Crippen LogP contribution is 2.82. The fraction of sp³-hybridized carbons (Fsp3) is 1.00. The highest BCUT2D eigenvalue weighted by Gasteiger charge is 2.77. The molecule has 0 unspecified atom stereocenters. The lowest BCUT2D eigenvalue weighted by Crippen LogP contribution is -2.57. The molecule has 5 fully saturated rings. The average Bonchev–Trinajstić information content (AvgIpc) is 3.12. The van der Waals surface area contributed by atoms with Crippen LogP contribution in [0, 0.1) is 51.8 Å². The van der Waals surface area contributed by atoms with Gasteiger partial charge < -0.3 is 4.74 Å². The molecule has 0 bridgehead atoms. The number of ether oxygens (including phenoxy) is 1. The van der Waals surface area contributed by atoms with E-state index in [1.165, 1.54) is 57.8 Å². The van der Waals surface area contributed by atoms with E-state index in [0.717, 1.165) is 35.5 Å². The monoisotopic (exact) mass is 344 g/mol. The molecule has 1 nitrogen and oxygen atoms in total. The van der Waals surface area contributed by atoms with Crippen molar-refractivity contribution in [1.82, 2.24) is 0 Å². The van der Waals surface area contributed by atoms with E-state index in [0.29, 0.717) is 22.3 Å². The fourth-order valence-electron chi connectivity index (χ4n) is 9.84. The van der Waals surface area contributed by atoms with Crippen molar-refractivity contribution in [3.8, 4) is 0 Å². The van der Waals surface area contributed by atoms with Gasteiger partial charge in [0.25, 0.3) is 0 Å². The average molecular weight is 345 g/mol. The molecule has 5 rings (SSSR count). The lowest BCUT2D eigenvalue weighted by atomic mass is 9.45. The highest BCUT2D eigenvalue weighted by atomic mass is 16.5. The fourth-order valence-corrected chi connectivity index (χ4v) is 9.84. The van der Waals surface area contributed by atoms with Crippen LogP contribution in [0.1, 0.15) is 85.5 Å². The SMILES string of the molecule is CC[C@@H](C)[C@H]1CC[C@H]2[C@@H]3C[C@@H](OC)[C@]45C[C@@H]4CC[C@]5(C)[C@H]3CC[C@]12C. The maximum absolute atomic E-state index is 6.24. The smallest absolute Gasteiger partial charge is 0.0638 e. The van der Waals surface area contributed by atoms with Crippen molar-refractivity contribution in [2.75, 3.05) is 7.11 Å². The van der Waals surface area contributed by atoms with Crippen LogP contribution in [-0.4, -0.2) is 13.2 Å². The van der Waals surface area contributed by atoms with Gasteiger partial charge in [-0.05, 0) is 97.7 Å².